The molecule has 6 nitrogen and oxygen atoms in total. The standard InChI is InChI=1S/C6H12O2.C4H8O2.C3H6O2/c1-3-5-6(7)8-4-2;1-3-6-4(2)5;1-2-5-3-4/h3-5H2,1-2H3;3H2,1-2H3;3H,2H2,1H3. The minimum Gasteiger partial charge on any atom is -0.468 e. The molecule has 0 saturated carbocycles. The maximum absolute atomic E-state index is 10.4. The van der Waals surface area contributed by atoms with Crippen molar-refractivity contribution in [3.05, 3.63) is 0 Å². The van der Waals surface area contributed by atoms with Crippen LogP contribution in [0.3, 0.4) is 0 Å². The van der Waals surface area contributed by atoms with Crippen LogP contribution in [-0.2, 0) is 28.6 Å². The molecule has 114 valence electrons. The lowest BCUT2D eigenvalue weighted by atomic mass is 10.3. The molecule has 0 aliphatic carbocycles. The Morgan fingerprint density at radius 1 is 0.947 bits per heavy atom. The van der Waals surface area contributed by atoms with Crippen molar-refractivity contribution in [3.8, 4) is 0 Å². The van der Waals surface area contributed by atoms with E-state index in [-0.39, 0.29) is 11.9 Å². The van der Waals surface area contributed by atoms with Crippen molar-refractivity contribution in [2.45, 2.75) is 47.5 Å². The number of hydrogen-bond donors (Lipinski definition) is 0. The molecule has 0 aromatic carbocycles. The van der Waals surface area contributed by atoms with Crippen molar-refractivity contribution < 1.29 is 28.6 Å². The van der Waals surface area contributed by atoms with Gasteiger partial charge in [-0.25, -0.2) is 0 Å². The van der Waals surface area contributed by atoms with E-state index in [1.54, 1.807) is 13.8 Å². The van der Waals surface area contributed by atoms with Crippen molar-refractivity contribution in [3.63, 3.8) is 0 Å². The summed E-state index contributed by atoms with van der Waals surface area (Å²) in [6.45, 7) is 10.6. The minimum atomic E-state index is -0.211. The Morgan fingerprint density at radius 3 is 1.63 bits per heavy atom. The summed E-state index contributed by atoms with van der Waals surface area (Å²) in [6, 6.07) is 0. The average Bonchev–Trinajstić information content (AvgIpc) is 2.32. The fourth-order valence-corrected chi connectivity index (χ4v) is 0.709. The van der Waals surface area contributed by atoms with Gasteiger partial charge in [0, 0.05) is 13.3 Å². The first kappa shape index (κ1) is 22.6. The van der Waals surface area contributed by atoms with Gasteiger partial charge < -0.3 is 14.2 Å². The molecule has 0 saturated heterocycles. The van der Waals surface area contributed by atoms with Crippen molar-refractivity contribution in [2.75, 3.05) is 19.8 Å². The van der Waals surface area contributed by atoms with E-state index < -0.39 is 0 Å². The van der Waals surface area contributed by atoms with Gasteiger partial charge in [0.2, 0.25) is 0 Å². The van der Waals surface area contributed by atoms with Gasteiger partial charge >= 0.3 is 11.9 Å². The van der Waals surface area contributed by atoms with Crippen molar-refractivity contribution in [1.82, 2.24) is 0 Å². The number of carbonyl (C=O) groups excluding carboxylic acids is 3. The highest BCUT2D eigenvalue weighted by Crippen LogP contribution is 1.89. The molecule has 6 heteroatoms. The fraction of sp³-hybridized carbons (Fsp3) is 0.769. The summed E-state index contributed by atoms with van der Waals surface area (Å²) in [6.07, 6.45) is 1.42. The van der Waals surface area contributed by atoms with Gasteiger partial charge in [-0.3, -0.25) is 14.4 Å². The van der Waals surface area contributed by atoms with E-state index in [9.17, 15) is 14.4 Å². The highest BCUT2D eigenvalue weighted by atomic mass is 16.5. The second-order valence-corrected chi connectivity index (χ2v) is 3.03. The zero-order valence-corrected chi connectivity index (χ0v) is 12.6. The summed E-state index contributed by atoms with van der Waals surface area (Å²) in [5.41, 5.74) is 0. The predicted molar refractivity (Wildman–Crippen MR) is 71.5 cm³/mol. The van der Waals surface area contributed by atoms with Crippen LogP contribution in [-0.4, -0.2) is 38.2 Å². The van der Waals surface area contributed by atoms with E-state index in [1.165, 1.54) is 6.92 Å². The summed E-state index contributed by atoms with van der Waals surface area (Å²) >= 11 is 0. The van der Waals surface area contributed by atoms with Gasteiger partial charge in [0.05, 0.1) is 19.8 Å². The smallest absolute Gasteiger partial charge is 0.305 e. The molecular formula is C13H26O6. The maximum atomic E-state index is 10.4. The van der Waals surface area contributed by atoms with E-state index in [0.717, 1.165) is 6.42 Å². The van der Waals surface area contributed by atoms with Gasteiger partial charge in [-0.2, -0.15) is 0 Å². The lowest BCUT2D eigenvalue weighted by Crippen LogP contribution is -2.01. The molecule has 0 N–H and O–H groups in total. The van der Waals surface area contributed by atoms with E-state index in [2.05, 4.69) is 14.2 Å². The normalized spacial score (nSPS) is 7.84. The Balaban J connectivity index is -0.000000209. The molecular weight excluding hydrogens is 252 g/mol. The van der Waals surface area contributed by atoms with Crippen LogP contribution in [0.4, 0.5) is 0 Å². The van der Waals surface area contributed by atoms with Crippen LogP contribution < -0.4 is 0 Å². The van der Waals surface area contributed by atoms with Gasteiger partial charge in [0.15, 0.2) is 0 Å². The molecule has 0 amide bonds. The highest BCUT2D eigenvalue weighted by molar-refractivity contribution is 5.69. The molecule has 0 bridgehead atoms. The van der Waals surface area contributed by atoms with E-state index >= 15 is 0 Å². The Labute approximate surface area is 115 Å². The molecule has 0 spiro atoms. The first-order valence-electron chi connectivity index (χ1n) is 6.34. The predicted octanol–water partition coefficient (Wildman–Crippen LogP) is 2.10. The van der Waals surface area contributed by atoms with E-state index in [1.807, 2.05) is 13.8 Å². The van der Waals surface area contributed by atoms with Gasteiger partial charge in [0.25, 0.3) is 6.47 Å². The SMILES string of the molecule is CCCC(=O)OCC.CCOC(C)=O.CCOC=O. The molecule has 0 radical (unpaired) electrons. The van der Waals surface area contributed by atoms with Crippen LogP contribution in [0.5, 0.6) is 0 Å². The Bertz CT molecular complexity index is 207. The maximum Gasteiger partial charge on any atom is 0.305 e. The third-order valence-electron chi connectivity index (χ3n) is 1.34. The number of hydrogen-bond acceptors (Lipinski definition) is 6. The van der Waals surface area contributed by atoms with Crippen LogP contribution in [0.2, 0.25) is 0 Å². The molecule has 0 fully saturated rings. The number of esters is 2. The Kier molecular flexibility index (Phi) is 25.8. The molecule has 0 atom stereocenters. The monoisotopic (exact) mass is 278 g/mol. The first-order valence-corrected chi connectivity index (χ1v) is 6.34. The van der Waals surface area contributed by atoms with Crippen LogP contribution in [0.15, 0.2) is 0 Å². The van der Waals surface area contributed by atoms with Gasteiger partial charge in [0.1, 0.15) is 0 Å². The van der Waals surface area contributed by atoms with Crippen LogP contribution in [0.1, 0.15) is 47.5 Å². The largest absolute Gasteiger partial charge is 0.468 e. The van der Waals surface area contributed by atoms with E-state index in [4.69, 9.17) is 0 Å². The van der Waals surface area contributed by atoms with Crippen molar-refractivity contribution in [2.24, 2.45) is 0 Å². The van der Waals surface area contributed by atoms with Crippen LogP contribution >= 0.6 is 0 Å². The average molecular weight is 278 g/mol. The zero-order valence-electron chi connectivity index (χ0n) is 12.6. The van der Waals surface area contributed by atoms with E-state index in [0.29, 0.717) is 32.7 Å². The van der Waals surface area contributed by atoms with Gasteiger partial charge in [-0.15, -0.1) is 0 Å². The van der Waals surface area contributed by atoms with Crippen molar-refractivity contribution in [1.29, 1.82) is 0 Å². The molecule has 0 heterocycles. The number of rotatable bonds is 6. The molecule has 0 rings (SSSR count). The summed E-state index contributed by atoms with van der Waals surface area (Å²) in [5, 5.41) is 0. The number of carbonyl (C=O) groups is 3. The van der Waals surface area contributed by atoms with Gasteiger partial charge in [-0.05, 0) is 27.2 Å². The molecule has 0 aliphatic rings. The highest BCUT2D eigenvalue weighted by Gasteiger charge is 1.95. The summed E-state index contributed by atoms with van der Waals surface area (Å²) < 4.78 is 13.2. The molecule has 0 aromatic rings. The third kappa shape index (κ3) is 38.5. The lowest BCUT2D eigenvalue weighted by molar-refractivity contribution is -0.143. The Hall–Kier alpha value is -1.59. The van der Waals surface area contributed by atoms with Crippen LogP contribution in [0, 0.1) is 0 Å². The minimum absolute atomic E-state index is 0.0880. The van der Waals surface area contributed by atoms with Crippen LogP contribution in [0.25, 0.3) is 0 Å². The zero-order chi connectivity index (χ0) is 15.5. The second-order valence-electron chi connectivity index (χ2n) is 3.03. The summed E-state index contributed by atoms with van der Waals surface area (Å²) in [4.78, 5) is 29.4. The quantitative estimate of drug-likeness (QED) is 0.420. The Morgan fingerprint density at radius 2 is 1.47 bits per heavy atom. The summed E-state index contributed by atoms with van der Waals surface area (Å²) in [7, 11) is 0. The fourth-order valence-electron chi connectivity index (χ4n) is 0.709. The molecule has 19 heavy (non-hydrogen) atoms. The summed E-state index contributed by atoms with van der Waals surface area (Å²) in [5.74, 6) is -0.299. The topological polar surface area (TPSA) is 78.9 Å². The second kappa shape index (κ2) is 21.7. The third-order valence-corrected chi connectivity index (χ3v) is 1.34. The lowest BCUT2D eigenvalue weighted by Gasteiger charge is -1.96. The van der Waals surface area contributed by atoms with Crippen molar-refractivity contribution >= 4 is 18.4 Å². The molecule has 0 aromatic heterocycles. The first-order chi connectivity index (χ1) is 8.99. The van der Waals surface area contributed by atoms with Gasteiger partial charge in [-0.1, -0.05) is 6.92 Å². The molecule has 0 unspecified atom stereocenters. The molecule has 0 aliphatic heterocycles. The number of ether oxygens (including phenoxy) is 3.